The highest BCUT2D eigenvalue weighted by atomic mass is 16.3. The SMILES string of the molecule is [B]c1c([B])c(-c2c([B])c([B])c3c([B])c([B])c([B])c([B])c3c2[B])c([B])c([B])c1-c1nc(-c2ccccc2)nc(-c2c([B])c([B])c3c(oc4c([B])c([B])c([B])c([B])c43)c2[B])n1. The molecule has 36 radical (unpaired) electrons. The van der Waals surface area contributed by atoms with E-state index in [1.165, 1.54) is 0 Å². The molecule has 0 saturated carbocycles. The van der Waals surface area contributed by atoms with E-state index in [-0.39, 0.29) is 171 Å². The van der Waals surface area contributed by atoms with Crippen molar-refractivity contribution in [3.05, 3.63) is 30.3 Å². The molecule has 0 N–H and O–H groups in total. The van der Waals surface area contributed by atoms with Crippen molar-refractivity contribution in [1.82, 2.24) is 15.0 Å². The van der Waals surface area contributed by atoms with Crippen LogP contribution in [0.25, 0.3) is 78.0 Å². The van der Waals surface area contributed by atoms with Gasteiger partial charge in [0, 0.05) is 27.5 Å². The smallest absolute Gasteiger partial charge is 0.164 e. The first-order valence-electron chi connectivity index (χ1n) is 17.4. The van der Waals surface area contributed by atoms with E-state index in [0.717, 1.165) is 0 Å². The molecule has 8 aromatic rings. The molecule has 6 aromatic carbocycles. The van der Waals surface area contributed by atoms with Crippen LogP contribution in [0.1, 0.15) is 0 Å². The first-order chi connectivity index (χ1) is 27.8. The van der Waals surface area contributed by atoms with E-state index in [1.807, 2.05) is 6.07 Å². The van der Waals surface area contributed by atoms with Crippen LogP contribution < -0.4 is 98.3 Å². The van der Waals surface area contributed by atoms with Crippen molar-refractivity contribution in [2.75, 3.05) is 0 Å². The summed E-state index contributed by atoms with van der Waals surface area (Å²) in [6.07, 6.45) is 0. The molecule has 0 fully saturated rings. The monoisotopic (exact) mass is 705 g/mol. The fraction of sp³-hybridized carbons (Fsp3) is 0. The topological polar surface area (TPSA) is 51.8 Å². The predicted octanol–water partition coefficient (Wildman–Crippen LogP) is -12.1. The Morgan fingerprint density at radius 2 is 0.593 bits per heavy atom. The van der Waals surface area contributed by atoms with Crippen LogP contribution in [0.4, 0.5) is 0 Å². The summed E-state index contributed by atoms with van der Waals surface area (Å²) in [6, 6.07) is 8.91. The van der Waals surface area contributed by atoms with Gasteiger partial charge in [0.05, 0.1) is 0 Å². The zero-order valence-corrected chi connectivity index (χ0v) is 31.0. The molecule has 0 aliphatic carbocycles. The van der Waals surface area contributed by atoms with Gasteiger partial charge in [-0.15, -0.1) is 21.9 Å². The second-order valence-corrected chi connectivity index (χ2v) is 13.9. The average molecular weight is 702 g/mol. The van der Waals surface area contributed by atoms with E-state index in [2.05, 4.69) is 0 Å². The number of hydrogen-bond donors (Lipinski definition) is 0. The van der Waals surface area contributed by atoms with Crippen LogP contribution in [0.2, 0.25) is 0 Å². The van der Waals surface area contributed by atoms with Gasteiger partial charge in [-0.25, -0.2) is 15.0 Å². The number of furan rings is 1. The minimum Gasteiger partial charge on any atom is -0.457 e. The van der Waals surface area contributed by atoms with E-state index < -0.39 is 0 Å². The molecule has 4 nitrogen and oxygen atoms in total. The fourth-order valence-corrected chi connectivity index (χ4v) is 7.49. The lowest BCUT2D eigenvalue weighted by Gasteiger charge is -2.29. The Hall–Kier alpha value is -4.44. The summed E-state index contributed by atoms with van der Waals surface area (Å²) in [7, 11) is 117. The van der Waals surface area contributed by atoms with Crippen LogP contribution in [0.15, 0.2) is 34.7 Å². The standard InChI is InChI=1S/C37H5B18N3O/c38-15-7(16(39)17(40)10-8(15)20(43)28(51)29(52)21(10)44)9-18(41)24(47)13(25(48)19(9)42)36-56-35(6-4-2-1-3-5-6)57-37(58-36)14-26(49)22(45)11-12-23(46)30(53)31(54)32(55)34(12)59-33(11)27(14)50/h1-5H. The van der Waals surface area contributed by atoms with E-state index in [4.69, 9.17) is 161 Å². The molecule has 228 valence electrons. The number of nitrogens with zero attached hydrogens (tertiary/aromatic N) is 3. The minimum absolute atomic E-state index is 0.00164. The molecular weight excluding hydrogens is 697 g/mol. The van der Waals surface area contributed by atoms with E-state index in [0.29, 0.717) is 5.56 Å². The van der Waals surface area contributed by atoms with Crippen molar-refractivity contribution >= 4 is 272 Å². The zero-order valence-electron chi connectivity index (χ0n) is 31.0. The van der Waals surface area contributed by atoms with Gasteiger partial charge in [-0.1, -0.05) is 101 Å². The highest BCUT2D eigenvalue weighted by Crippen LogP contribution is 2.27. The molecule has 2 heterocycles. The van der Waals surface area contributed by atoms with Crippen molar-refractivity contribution < 1.29 is 4.42 Å². The quantitative estimate of drug-likeness (QED) is 0.171. The molecule has 0 saturated heterocycles. The normalized spacial score (nSPS) is 11.6. The largest absolute Gasteiger partial charge is 0.457 e. The molecule has 0 aliphatic rings. The van der Waals surface area contributed by atoms with Gasteiger partial charge in [0.25, 0.3) is 0 Å². The highest BCUT2D eigenvalue weighted by molar-refractivity contribution is 6.74. The van der Waals surface area contributed by atoms with Crippen LogP contribution in [0, 0.1) is 0 Å². The molecule has 2 aromatic heterocycles. The van der Waals surface area contributed by atoms with E-state index in [9.17, 15) is 0 Å². The number of rotatable bonds is 4. The van der Waals surface area contributed by atoms with Gasteiger partial charge >= 0.3 is 0 Å². The molecule has 22 heteroatoms. The summed E-state index contributed by atoms with van der Waals surface area (Å²) in [6.45, 7) is 0. The van der Waals surface area contributed by atoms with Gasteiger partial charge in [-0.05, 0) is 27.4 Å². The lowest BCUT2D eigenvalue weighted by atomic mass is 9.56. The van der Waals surface area contributed by atoms with Gasteiger partial charge in [-0.3, -0.25) is 0 Å². The molecule has 59 heavy (non-hydrogen) atoms. The molecule has 0 atom stereocenters. The van der Waals surface area contributed by atoms with E-state index >= 15 is 0 Å². The Balaban J connectivity index is 1.42. The Morgan fingerprint density at radius 1 is 0.271 bits per heavy atom. The number of hydrogen-bond acceptors (Lipinski definition) is 4. The maximum Gasteiger partial charge on any atom is 0.164 e. The molecule has 8 rings (SSSR count). The first-order valence-corrected chi connectivity index (χ1v) is 17.4. The predicted molar refractivity (Wildman–Crippen MR) is 263 cm³/mol. The molecule has 0 aliphatic heterocycles. The van der Waals surface area contributed by atoms with Gasteiger partial charge < -0.3 is 4.42 Å². The Bertz CT molecular complexity index is 3180. The number of fused-ring (bicyclic) bond motifs is 4. The van der Waals surface area contributed by atoms with Crippen LogP contribution in [-0.2, 0) is 0 Å². The van der Waals surface area contributed by atoms with Crippen molar-refractivity contribution in [3.8, 4) is 45.3 Å². The lowest BCUT2D eigenvalue weighted by molar-refractivity contribution is 0.675. The molecule has 0 bridgehead atoms. The maximum absolute atomic E-state index is 6.82. The summed E-state index contributed by atoms with van der Waals surface area (Å²) >= 11 is 0. The third kappa shape index (κ3) is 5.88. The molecule has 0 unspecified atom stereocenters. The van der Waals surface area contributed by atoms with Crippen LogP contribution in [0.3, 0.4) is 0 Å². The van der Waals surface area contributed by atoms with Crippen molar-refractivity contribution in [3.63, 3.8) is 0 Å². The summed E-state index contributed by atoms with van der Waals surface area (Å²) < 4.78 is 6.16. The van der Waals surface area contributed by atoms with Crippen LogP contribution in [-0.4, -0.2) is 156 Å². The Labute approximate surface area is 365 Å². The Kier molecular flexibility index (Phi) is 10.2. The zero-order chi connectivity index (χ0) is 42.8. The maximum atomic E-state index is 6.82. The van der Waals surface area contributed by atoms with Gasteiger partial charge in [0.2, 0.25) is 0 Å². The van der Waals surface area contributed by atoms with Crippen molar-refractivity contribution in [2.24, 2.45) is 0 Å². The summed E-state index contributed by atoms with van der Waals surface area (Å²) in [4.78, 5) is 14.2. The minimum atomic E-state index is -0.126. The second kappa shape index (κ2) is 14.6. The molecule has 0 spiro atoms. The number of aromatic nitrogens is 3. The molecular formula is C37H5B18N3O. The summed E-state index contributed by atoms with van der Waals surface area (Å²) in [5.41, 5.74) is 0.350. The first kappa shape index (κ1) is 41.3. The van der Waals surface area contributed by atoms with Gasteiger partial charge in [-0.2, -0.15) is 0 Å². The summed E-state index contributed by atoms with van der Waals surface area (Å²) in [5, 5.41) is 0.876. The van der Waals surface area contributed by atoms with Crippen molar-refractivity contribution in [1.29, 1.82) is 0 Å². The fourth-order valence-electron chi connectivity index (χ4n) is 7.49. The van der Waals surface area contributed by atoms with Crippen molar-refractivity contribution in [2.45, 2.75) is 0 Å². The second-order valence-electron chi connectivity index (χ2n) is 13.9. The number of benzene rings is 6. The third-order valence-electron chi connectivity index (χ3n) is 10.7. The van der Waals surface area contributed by atoms with Gasteiger partial charge in [0.1, 0.15) is 152 Å². The highest BCUT2D eigenvalue weighted by Gasteiger charge is 2.27. The average Bonchev–Trinajstić information content (AvgIpc) is 3.63. The van der Waals surface area contributed by atoms with Crippen LogP contribution in [0.5, 0.6) is 0 Å². The van der Waals surface area contributed by atoms with Crippen LogP contribution >= 0.6 is 0 Å². The summed E-state index contributed by atoms with van der Waals surface area (Å²) in [5.74, 6) is -0.0229. The Morgan fingerprint density at radius 3 is 1.12 bits per heavy atom. The lowest BCUT2D eigenvalue weighted by Crippen LogP contribution is -2.53. The third-order valence-corrected chi connectivity index (χ3v) is 10.7. The molecule has 0 amide bonds. The van der Waals surface area contributed by atoms with Gasteiger partial charge in [0.15, 0.2) is 17.5 Å². The van der Waals surface area contributed by atoms with E-state index in [1.54, 1.807) is 24.3 Å².